The molecule has 0 aliphatic heterocycles. The van der Waals surface area contributed by atoms with E-state index in [0.717, 1.165) is 11.3 Å². The number of rotatable bonds is 8. The lowest BCUT2D eigenvalue weighted by Crippen LogP contribution is -2.45. The highest BCUT2D eigenvalue weighted by Gasteiger charge is 2.19. The number of nitrogens with zero attached hydrogens (tertiary/aromatic N) is 3. The summed E-state index contributed by atoms with van der Waals surface area (Å²) >= 11 is 0. The number of benzene rings is 2. The van der Waals surface area contributed by atoms with Gasteiger partial charge in [0.15, 0.2) is 0 Å². The first-order valence-electron chi connectivity index (χ1n) is 11.6. The molecule has 8 nitrogen and oxygen atoms in total. The molecule has 1 atom stereocenters. The van der Waals surface area contributed by atoms with Gasteiger partial charge in [0.25, 0.3) is 5.91 Å². The van der Waals surface area contributed by atoms with Crippen LogP contribution in [0.4, 0.5) is 5.82 Å². The topological polar surface area (TPSA) is 126 Å². The van der Waals surface area contributed by atoms with Crippen LogP contribution in [0.2, 0.25) is 0 Å². The highest BCUT2D eigenvalue weighted by atomic mass is 16.2. The third kappa shape index (κ3) is 6.27. The summed E-state index contributed by atoms with van der Waals surface area (Å²) in [6.45, 7) is 8.35. The van der Waals surface area contributed by atoms with Crippen molar-refractivity contribution in [2.24, 2.45) is 0 Å². The van der Waals surface area contributed by atoms with Gasteiger partial charge in [0.05, 0.1) is 11.4 Å². The maximum atomic E-state index is 12.5. The number of amides is 2. The van der Waals surface area contributed by atoms with Crippen molar-refractivity contribution in [3.63, 3.8) is 0 Å². The first-order valence-corrected chi connectivity index (χ1v) is 11.6. The Kier molecular flexibility index (Phi) is 7.92. The summed E-state index contributed by atoms with van der Waals surface area (Å²) in [6, 6.07) is 18.2. The number of aromatic nitrogens is 2. The van der Waals surface area contributed by atoms with Crippen LogP contribution in [0.15, 0.2) is 54.6 Å². The minimum Gasteiger partial charge on any atom is -0.382 e. The maximum absolute atomic E-state index is 12.5. The number of anilines is 1. The molecule has 8 heteroatoms. The van der Waals surface area contributed by atoms with Crippen LogP contribution in [-0.4, -0.2) is 34.2 Å². The lowest BCUT2D eigenvalue weighted by molar-refractivity contribution is -0.122. The van der Waals surface area contributed by atoms with Crippen LogP contribution in [0.3, 0.4) is 0 Å². The Morgan fingerprint density at radius 1 is 1.11 bits per heavy atom. The fourth-order valence-electron chi connectivity index (χ4n) is 3.63. The average molecular weight is 473 g/mol. The maximum Gasteiger partial charge on any atom is 0.251 e. The Bertz CT molecular complexity index is 1220. The highest BCUT2D eigenvalue weighted by molar-refractivity contribution is 5.97. The van der Waals surface area contributed by atoms with Gasteiger partial charge in [-0.05, 0) is 55.0 Å². The molecule has 0 saturated heterocycles. The van der Waals surface area contributed by atoms with Crippen molar-refractivity contribution >= 4 is 17.6 Å². The molecule has 0 bridgehead atoms. The Morgan fingerprint density at radius 2 is 1.77 bits per heavy atom. The van der Waals surface area contributed by atoms with Gasteiger partial charge < -0.3 is 16.4 Å². The van der Waals surface area contributed by atoms with Gasteiger partial charge in [-0.15, -0.1) is 0 Å². The minimum atomic E-state index is -0.688. The van der Waals surface area contributed by atoms with E-state index in [1.54, 1.807) is 23.7 Å². The van der Waals surface area contributed by atoms with Crippen LogP contribution in [-0.2, 0) is 16.6 Å². The first kappa shape index (κ1) is 25.5. The summed E-state index contributed by atoms with van der Waals surface area (Å²) in [5.41, 5.74) is 9.48. The van der Waals surface area contributed by atoms with E-state index in [-0.39, 0.29) is 17.2 Å². The number of nitrogens with one attached hydrogen (secondary N) is 2. The Balaban J connectivity index is 1.51. The van der Waals surface area contributed by atoms with Gasteiger partial charge in [0.2, 0.25) is 5.91 Å². The third-order valence-electron chi connectivity index (χ3n) is 5.75. The van der Waals surface area contributed by atoms with Crippen molar-refractivity contribution < 1.29 is 9.59 Å². The number of nitriles is 1. The zero-order valence-corrected chi connectivity index (χ0v) is 20.6. The molecule has 1 aromatic heterocycles. The number of para-hydroxylation sites is 1. The van der Waals surface area contributed by atoms with Gasteiger partial charge in [-0.1, -0.05) is 51.1 Å². The molecular weight excluding hydrogens is 440 g/mol. The monoisotopic (exact) mass is 472 g/mol. The average Bonchev–Trinajstić information content (AvgIpc) is 3.16. The van der Waals surface area contributed by atoms with E-state index < -0.39 is 6.04 Å². The second-order valence-corrected chi connectivity index (χ2v) is 9.48. The number of nitrogens with two attached hydrogens (primary N) is 1. The molecule has 0 aliphatic carbocycles. The number of hydrogen-bond acceptors (Lipinski definition) is 5. The first-order chi connectivity index (χ1) is 16.6. The summed E-state index contributed by atoms with van der Waals surface area (Å²) < 4.78 is 1.55. The molecule has 0 spiro atoms. The van der Waals surface area contributed by atoms with Crippen LogP contribution in [0, 0.1) is 11.3 Å². The fourth-order valence-corrected chi connectivity index (χ4v) is 3.63. The second kappa shape index (κ2) is 10.9. The van der Waals surface area contributed by atoms with Crippen molar-refractivity contribution in [2.75, 3.05) is 12.3 Å². The number of carbonyl (C=O) groups is 2. The van der Waals surface area contributed by atoms with Gasteiger partial charge >= 0.3 is 0 Å². The Hall–Kier alpha value is -4.12. The van der Waals surface area contributed by atoms with Crippen molar-refractivity contribution in [3.8, 4) is 11.8 Å². The van der Waals surface area contributed by atoms with Crippen molar-refractivity contribution in [1.29, 1.82) is 5.26 Å². The summed E-state index contributed by atoms with van der Waals surface area (Å²) in [5.74, 6) is -0.280. The third-order valence-corrected chi connectivity index (χ3v) is 5.75. The number of carbonyl (C=O) groups excluding carboxylic acids is 2. The summed E-state index contributed by atoms with van der Waals surface area (Å²) in [7, 11) is 0. The van der Waals surface area contributed by atoms with E-state index in [9.17, 15) is 14.9 Å². The molecule has 1 unspecified atom stereocenters. The van der Waals surface area contributed by atoms with Gasteiger partial charge in [0.1, 0.15) is 23.5 Å². The molecule has 182 valence electrons. The predicted molar refractivity (Wildman–Crippen MR) is 136 cm³/mol. The molecule has 35 heavy (non-hydrogen) atoms. The zero-order chi connectivity index (χ0) is 25.6. The largest absolute Gasteiger partial charge is 0.382 e. The van der Waals surface area contributed by atoms with E-state index >= 15 is 0 Å². The minimum absolute atomic E-state index is 0.00158. The number of hydrogen-bond donors (Lipinski definition) is 3. The van der Waals surface area contributed by atoms with Crippen molar-refractivity contribution in [3.05, 3.63) is 77.0 Å². The lowest BCUT2D eigenvalue weighted by atomic mass is 9.86. The quantitative estimate of drug-likeness (QED) is 0.433. The van der Waals surface area contributed by atoms with Crippen LogP contribution < -0.4 is 16.4 Å². The molecule has 1 heterocycles. The number of aryl methyl sites for hydroxylation is 1. The SMILES string of the molecule is CC(NC(=O)c1ccc(C(C)(C)C)cc1)C(=O)NCCCc1nn(-c2ccccc2)c(N)c1C#N. The van der Waals surface area contributed by atoms with Crippen LogP contribution in [0.25, 0.3) is 5.69 Å². The fraction of sp³-hybridized carbons (Fsp3) is 0.333. The summed E-state index contributed by atoms with van der Waals surface area (Å²) in [4.78, 5) is 25.0. The molecule has 4 N–H and O–H groups in total. The van der Waals surface area contributed by atoms with Gasteiger partial charge in [-0.3, -0.25) is 9.59 Å². The molecule has 0 saturated carbocycles. The van der Waals surface area contributed by atoms with E-state index in [4.69, 9.17) is 5.73 Å². The molecule has 0 fully saturated rings. The van der Waals surface area contributed by atoms with Crippen LogP contribution >= 0.6 is 0 Å². The normalized spacial score (nSPS) is 12.0. The van der Waals surface area contributed by atoms with Crippen LogP contribution in [0.1, 0.15) is 61.3 Å². The molecule has 3 aromatic rings. The van der Waals surface area contributed by atoms with E-state index in [2.05, 4.69) is 42.6 Å². The van der Waals surface area contributed by atoms with E-state index in [0.29, 0.717) is 42.0 Å². The van der Waals surface area contributed by atoms with E-state index in [1.165, 1.54) is 0 Å². The Labute approximate surface area is 206 Å². The Morgan fingerprint density at radius 3 is 2.37 bits per heavy atom. The standard InChI is InChI=1S/C27H32N6O2/c1-18(31-26(35)19-12-14-20(15-13-19)27(2,3)4)25(34)30-16-8-11-23-22(17-28)24(29)33(32-23)21-9-6-5-7-10-21/h5-7,9-10,12-15,18H,8,11,16,29H2,1-4H3,(H,30,34)(H,31,35). The molecule has 2 aromatic carbocycles. The van der Waals surface area contributed by atoms with Gasteiger partial charge in [-0.2, -0.15) is 10.4 Å². The molecule has 0 aliphatic rings. The predicted octanol–water partition coefficient (Wildman–Crippen LogP) is 3.49. The smallest absolute Gasteiger partial charge is 0.251 e. The zero-order valence-electron chi connectivity index (χ0n) is 20.6. The summed E-state index contributed by atoms with van der Waals surface area (Å²) in [5, 5.41) is 19.6. The van der Waals surface area contributed by atoms with Crippen LogP contribution in [0.5, 0.6) is 0 Å². The highest BCUT2D eigenvalue weighted by Crippen LogP contribution is 2.22. The molecule has 0 radical (unpaired) electrons. The molecular formula is C27H32N6O2. The van der Waals surface area contributed by atoms with E-state index in [1.807, 2.05) is 42.5 Å². The summed E-state index contributed by atoms with van der Waals surface area (Å²) in [6.07, 6.45) is 1.05. The van der Waals surface area contributed by atoms with Gasteiger partial charge in [0, 0.05) is 12.1 Å². The van der Waals surface area contributed by atoms with Crippen molar-refractivity contribution in [2.45, 2.75) is 52.0 Å². The number of nitrogen functional groups attached to an aromatic ring is 1. The second-order valence-electron chi connectivity index (χ2n) is 9.48. The van der Waals surface area contributed by atoms with Gasteiger partial charge in [-0.25, -0.2) is 4.68 Å². The van der Waals surface area contributed by atoms with Crippen molar-refractivity contribution in [1.82, 2.24) is 20.4 Å². The lowest BCUT2D eigenvalue weighted by Gasteiger charge is -2.19. The molecule has 2 amide bonds. The molecule has 3 rings (SSSR count).